The predicted octanol–water partition coefficient (Wildman–Crippen LogP) is 2.31. The zero-order valence-electron chi connectivity index (χ0n) is 10.5. The zero-order chi connectivity index (χ0) is 12.4. The SMILES string of the molecule is CN1CCCC1c1nccnc1-c1cccnc1. The van der Waals surface area contributed by atoms with Crippen LogP contribution in [0.25, 0.3) is 11.3 Å². The smallest absolute Gasteiger partial charge is 0.0949 e. The quantitative estimate of drug-likeness (QED) is 0.807. The highest BCUT2D eigenvalue weighted by Crippen LogP contribution is 2.33. The van der Waals surface area contributed by atoms with Crippen LogP contribution in [-0.2, 0) is 0 Å². The van der Waals surface area contributed by atoms with Crippen molar-refractivity contribution >= 4 is 0 Å². The number of pyridine rings is 1. The van der Waals surface area contributed by atoms with Gasteiger partial charge < -0.3 is 0 Å². The largest absolute Gasteiger partial charge is 0.298 e. The molecule has 1 atom stereocenters. The first-order valence-corrected chi connectivity index (χ1v) is 6.28. The molecule has 1 saturated heterocycles. The Morgan fingerprint density at radius 3 is 2.83 bits per heavy atom. The molecular weight excluding hydrogens is 224 g/mol. The Labute approximate surface area is 107 Å². The maximum Gasteiger partial charge on any atom is 0.0949 e. The first-order valence-electron chi connectivity index (χ1n) is 6.28. The molecule has 0 radical (unpaired) electrons. The van der Waals surface area contributed by atoms with Gasteiger partial charge in [-0.05, 0) is 38.6 Å². The van der Waals surface area contributed by atoms with Crippen LogP contribution in [0, 0.1) is 0 Å². The van der Waals surface area contributed by atoms with Gasteiger partial charge in [-0.1, -0.05) is 0 Å². The first-order chi connectivity index (χ1) is 8.86. The summed E-state index contributed by atoms with van der Waals surface area (Å²) in [6, 6.07) is 4.36. The fraction of sp³-hybridized carbons (Fsp3) is 0.357. The second-order valence-corrected chi connectivity index (χ2v) is 4.67. The fourth-order valence-electron chi connectivity index (χ4n) is 2.57. The van der Waals surface area contributed by atoms with Crippen LogP contribution < -0.4 is 0 Å². The standard InChI is InChI=1S/C14H16N4/c1-18-9-3-5-12(18)14-13(16-7-8-17-14)11-4-2-6-15-10-11/h2,4,6-8,10,12H,3,5,9H2,1H3. The summed E-state index contributed by atoms with van der Waals surface area (Å²) in [5, 5.41) is 0. The number of nitrogens with zero attached hydrogens (tertiary/aromatic N) is 4. The fourth-order valence-corrected chi connectivity index (χ4v) is 2.57. The lowest BCUT2D eigenvalue weighted by Crippen LogP contribution is -2.19. The van der Waals surface area contributed by atoms with Crippen molar-refractivity contribution in [1.29, 1.82) is 0 Å². The maximum atomic E-state index is 4.56. The normalized spacial score (nSPS) is 20.2. The van der Waals surface area contributed by atoms with Crippen molar-refractivity contribution in [2.45, 2.75) is 18.9 Å². The van der Waals surface area contributed by atoms with Crippen LogP contribution in [0.3, 0.4) is 0 Å². The maximum absolute atomic E-state index is 4.56. The zero-order valence-corrected chi connectivity index (χ0v) is 10.5. The highest BCUT2D eigenvalue weighted by atomic mass is 15.2. The molecule has 1 fully saturated rings. The van der Waals surface area contributed by atoms with Gasteiger partial charge in [-0.2, -0.15) is 0 Å². The van der Waals surface area contributed by atoms with Crippen molar-refractivity contribution in [1.82, 2.24) is 19.9 Å². The molecule has 1 aliphatic rings. The lowest BCUT2D eigenvalue weighted by molar-refractivity contribution is 0.312. The molecule has 2 aromatic rings. The Kier molecular flexibility index (Phi) is 3.02. The van der Waals surface area contributed by atoms with Crippen LogP contribution in [-0.4, -0.2) is 33.4 Å². The van der Waals surface area contributed by atoms with E-state index in [4.69, 9.17) is 0 Å². The summed E-state index contributed by atoms with van der Waals surface area (Å²) >= 11 is 0. The average molecular weight is 240 g/mol. The van der Waals surface area contributed by atoms with E-state index in [1.807, 2.05) is 18.3 Å². The molecule has 18 heavy (non-hydrogen) atoms. The summed E-state index contributed by atoms with van der Waals surface area (Å²) in [4.78, 5) is 15.6. The molecule has 4 nitrogen and oxygen atoms in total. The minimum Gasteiger partial charge on any atom is -0.298 e. The van der Waals surface area contributed by atoms with Crippen LogP contribution in [0.5, 0.6) is 0 Å². The molecule has 0 spiro atoms. The van der Waals surface area contributed by atoms with E-state index in [0.717, 1.165) is 29.9 Å². The Morgan fingerprint density at radius 1 is 1.22 bits per heavy atom. The summed E-state index contributed by atoms with van der Waals surface area (Å²) < 4.78 is 0. The molecule has 4 heteroatoms. The minimum absolute atomic E-state index is 0.383. The van der Waals surface area contributed by atoms with Gasteiger partial charge in [0.05, 0.1) is 17.4 Å². The van der Waals surface area contributed by atoms with Gasteiger partial charge in [0.2, 0.25) is 0 Å². The van der Waals surface area contributed by atoms with E-state index >= 15 is 0 Å². The number of hydrogen-bond acceptors (Lipinski definition) is 4. The number of hydrogen-bond donors (Lipinski definition) is 0. The van der Waals surface area contributed by atoms with E-state index in [1.54, 1.807) is 18.6 Å². The van der Waals surface area contributed by atoms with Gasteiger partial charge in [0.1, 0.15) is 0 Å². The van der Waals surface area contributed by atoms with Crippen molar-refractivity contribution < 1.29 is 0 Å². The van der Waals surface area contributed by atoms with Crippen LogP contribution in [0.15, 0.2) is 36.9 Å². The molecule has 0 amide bonds. The van der Waals surface area contributed by atoms with Crippen LogP contribution in [0.4, 0.5) is 0 Å². The summed E-state index contributed by atoms with van der Waals surface area (Å²) in [6.45, 7) is 1.13. The Hall–Kier alpha value is -1.81. The molecule has 0 aromatic carbocycles. The van der Waals surface area contributed by atoms with Gasteiger partial charge in [-0.25, -0.2) is 0 Å². The summed E-state index contributed by atoms with van der Waals surface area (Å²) in [7, 11) is 2.15. The summed E-state index contributed by atoms with van der Waals surface area (Å²) in [5.74, 6) is 0. The van der Waals surface area contributed by atoms with Crippen LogP contribution in [0.1, 0.15) is 24.6 Å². The van der Waals surface area contributed by atoms with Gasteiger partial charge in [-0.3, -0.25) is 19.9 Å². The molecule has 3 heterocycles. The molecule has 0 aliphatic carbocycles. The second kappa shape index (κ2) is 4.82. The molecule has 0 bridgehead atoms. The Morgan fingerprint density at radius 2 is 2.11 bits per heavy atom. The third-order valence-corrected chi connectivity index (χ3v) is 3.50. The molecule has 3 rings (SSSR count). The van der Waals surface area contributed by atoms with Crippen LogP contribution in [0.2, 0.25) is 0 Å². The van der Waals surface area contributed by atoms with E-state index in [-0.39, 0.29) is 0 Å². The van der Waals surface area contributed by atoms with E-state index in [9.17, 15) is 0 Å². The van der Waals surface area contributed by atoms with Gasteiger partial charge in [0.25, 0.3) is 0 Å². The van der Waals surface area contributed by atoms with Gasteiger partial charge >= 0.3 is 0 Å². The minimum atomic E-state index is 0.383. The molecule has 0 saturated carbocycles. The Balaban J connectivity index is 2.05. The highest BCUT2D eigenvalue weighted by molar-refractivity contribution is 5.60. The third kappa shape index (κ3) is 1.99. The van der Waals surface area contributed by atoms with E-state index in [1.165, 1.54) is 6.42 Å². The lowest BCUT2D eigenvalue weighted by Gasteiger charge is -2.20. The monoisotopic (exact) mass is 240 g/mol. The molecule has 92 valence electrons. The lowest BCUT2D eigenvalue weighted by atomic mass is 10.0. The Bertz CT molecular complexity index is 526. The molecule has 1 aliphatic heterocycles. The number of rotatable bonds is 2. The first kappa shape index (κ1) is 11.3. The van der Waals surface area contributed by atoms with Crippen molar-refractivity contribution in [2.75, 3.05) is 13.6 Å². The van der Waals surface area contributed by atoms with Gasteiger partial charge in [-0.15, -0.1) is 0 Å². The van der Waals surface area contributed by atoms with E-state index in [0.29, 0.717) is 6.04 Å². The van der Waals surface area contributed by atoms with Crippen molar-refractivity contribution in [3.05, 3.63) is 42.6 Å². The number of likely N-dealkylation sites (tertiary alicyclic amines) is 1. The molecule has 1 unspecified atom stereocenters. The van der Waals surface area contributed by atoms with Gasteiger partial charge in [0.15, 0.2) is 0 Å². The van der Waals surface area contributed by atoms with E-state index < -0.39 is 0 Å². The van der Waals surface area contributed by atoms with E-state index in [2.05, 4.69) is 26.9 Å². The second-order valence-electron chi connectivity index (χ2n) is 4.67. The van der Waals surface area contributed by atoms with Gasteiger partial charge in [0, 0.05) is 30.4 Å². The van der Waals surface area contributed by atoms with Crippen molar-refractivity contribution in [3.8, 4) is 11.3 Å². The highest BCUT2D eigenvalue weighted by Gasteiger charge is 2.26. The predicted molar refractivity (Wildman–Crippen MR) is 69.9 cm³/mol. The van der Waals surface area contributed by atoms with Crippen molar-refractivity contribution in [2.24, 2.45) is 0 Å². The molecular formula is C14H16N4. The molecule has 0 N–H and O–H groups in total. The summed E-state index contributed by atoms with van der Waals surface area (Å²) in [6.07, 6.45) is 9.54. The van der Waals surface area contributed by atoms with Crippen molar-refractivity contribution in [3.63, 3.8) is 0 Å². The number of aromatic nitrogens is 3. The molecule has 2 aromatic heterocycles. The van der Waals surface area contributed by atoms with Crippen LogP contribution >= 0.6 is 0 Å². The topological polar surface area (TPSA) is 41.9 Å². The average Bonchev–Trinajstić information content (AvgIpc) is 2.86. The summed E-state index contributed by atoms with van der Waals surface area (Å²) in [5.41, 5.74) is 3.08. The third-order valence-electron chi connectivity index (χ3n) is 3.50.